The fraction of sp³-hybridized carbons (Fsp3) is 0.667. The Bertz CT molecular complexity index is 410. The van der Waals surface area contributed by atoms with Crippen LogP contribution in [0.1, 0.15) is 56.9 Å². The van der Waals surface area contributed by atoms with Gasteiger partial charge in [-0.15, -0.1) is 11.8 Å². The average Bonchev–Trinajstić information content (AvgIpc) is 2.84. The Morgan fingerprint density at radius 3 is 2.45 bits per heavy atom. The maximum atomic E-state index is 6.23. The zero-order valence-electron chi connectivity index (χ0n) is 12.4. The van der Waals surface area contributed by atoms with E-state index in [1.54, 1.807) is 5.56 Å². The Morgan fingerprint density at radius 1 is 1.05 bits per heavy atom. The van der Waals surface area contributed by atoms with E-state index < -0.39 is 0 Å². The van der Waals surface area contributed by atoms with Gasteiger partial charge in [0.2, 0.25) is 0 Å². The van der Waals surface area contributed by atoms with E-state index >= 15 is 0 Å². The Hall–Kier alpha value is -0.470. The fourth-order valence-corrected chi connectivity index (χ4v) is 5.52. The van der Waals surface area contributed by atoms with Crippen LogP contribution in [0.4, 0.5) is 0 Å². The molecule has 0 bridgehead atoms. The van der Waals surface area contributed by atoms with Crippen LogP contribution in [0, 0.1) is 5.41 Å². The summed E-state index contributed by atoms with van der Waals surface area (Å²) in [7, 11) is 0. The molecule has 1 aliphatic heterocycles. The molecule has 2 aliphatic rings. The first kappa shape index (κ1) is 14.5. The van der Waals surface area contributed by atoms with Crippen LogP contribution in [0.5, 0.6) is 0 Å². The zero-order chi connectivity index (χ0) is 13.8. The first-order valence-electron chi connectivity index (χ1n) is 8.26. The van der Waals surface area contributed by atoms with Gasteiger partial charge in [-0.05, 0) is 49.3 Å². The topological polar surface area (TPSA) is 26.0 Å². The van der Waals surface area contributed by atoms with Crippen molar-refractivity contribution in [2.75, 3.05) is 6.54 Å². The minimum Gasteiger partial charge on any atom is -0.330 e. The van der Waals surface area contributed by atoms with Crippen molar-refractivity contribution in [1.82, 2.24) is 0 Å². The minimum atomic E-state index is 0.431. The number of benzene rings is 1. The van der Waals surface area contributed by atoms with Gasteiger partial charge in [0.1, 0.15) is 0 Å². The van der Waals surface area contributed by atoms with Gasteiger partial charge in [0, 0.05) is 10.1 Å². The number of hydrogen-bond donors (Lipinski definition) is 1. The molecule has 0 saturated heterocycles. The molecule has 1 aromatic rings. The Kier molecular flexibility index (Phi) is 4.72. The van der Waals surface area contributed by atoms with Crippen molar-refractivity contribution in [3.05, 3.63) is 29.8 Å². The highest BCUT2D eigenvalue weighted by Crippen LogP contribution is 2.45. The fourth-order valence-electron chi connectivity index (χ4n) is 4.00. The van der Waals surface area contributed by atoms with Gasteiger partial charge in [0.25, 0.3) is 0 Å². The van der Waals surface area contributed by atoms with E-state index in [1.807, 2.05) is 0 Å². The van der Waals surface area contributed by atoms with Gasteiger partial charge in [0.05, 0.1) is 0 Å². The molecule has 1 heterocycles. The molecule has 0 spiro atoms. The maximum Gasteiger partial charge on any atom is 0.0141 e. The van der Waals surface area contributed by atoms with Crippen molar-refractivity contribution in [3.8, 4) is 0 Å². The van der Waals surface area contributed by atoms with Gasteiger partial charge >= 0.3 is 0 Å². The highest BCUT2D eigenvalue weighted by atomic mass is 32.2. The van der Waals surface area contributed by atoms with Gasteiger partial charge in [-0.1, -0.05) is 50.3 Å². The third-order valence-electron chi connectivity index (χ3n) is 5.22. The molecule has 1 fully saturated rings. The summed E-state index contributed by atoms with van der Waals surface area (Å²) in [5.74, 6) is 0. The molecule has 3 rings (SSSR count). The third-order valence-corrected chi connectivity index (χ3v) is 6.54. The number of nitrogens with two attached hydrogens (primary N) is 1. The van der Waals surface area contributed by atoms with Crippen molar-refractivity contribution in [3.63, 3.8) is 0 Å². The molecule has 1 saturated carbocycles. The second-order valence-corrected chi connectivity index (χ2v) is 8.07. The lowest BCUT2D eigenvalue weighted by molar-refractivity contribution is 0.200. The second kappa shape index (κ2) is 6.53. The molecule has 0 radical (unpaired) electrons. The van der Waals surface area contributed by atoms with Crippen LogP contribution >= 0.6 is 11.8 Å². The molecule has 1 aromatic carbocycles. The normalized spacial score (nSPS) is 25.8. The van der Waals surface area contributed by atoms with Gasteiger partial charge in [-0.2, -0.15) is 0 Å². The third kappa shape index (κ3) is 3.23. The average molecular weight is 289 g/mol. The summed E-state index contributed by atoms with van der Waals surface area (Å²) in [4.78, 5) is 1.51. The van der Waals surface area contributed by atoms with E-state index in [2.05, 4.69) is 36.0 Å². The molecule has 1 aliphatic carbocycles. The van der Waals surface area contributed by atoms with Crippen molar-refractivity contribution in [2.24, 2.45) is 11.1 Å². The maximum absolute atomic E-state index is 6.23. The predicted molar refractivity (Wildman–Crippen MR) is 88.2 cm³/mol. The van der Waals surface area contributed by atoms with Crippen LogP contribution in [0.3, 0.4) is 0 Å². The molecular formula is C18H27NS. The van der Waals surface area contributed by atoms with Gasteiger partial charge in [-0.25, -0.2) is 0 Å². The van der Waals surface area contributed by atoms with Crippen molar-refractivity contribution >= 4 is 11.8 Å². The zero-order valence-corrected chi connectivity index (χ0v) is 13.3. The first-order chi connectivity index (χ1) is 9.81. The van der Waals surface area contributed by atoms with Gasteiger partial charge < -0.3 is 5.73 Å². The second-order valence-electron chi connectivity index (χ2n) is 6.73. The highest BCUT2D eigenvalue weighted by molar-refractivity contribution is 8.00. The summed E-state index contributed by atoms with van der Waals surface area (Å²) in [6.07, 6.45) is 12.3. The molecule has 110 valence electrons. The molecule has 20 heavy (non-hydrogen) atoms. The summed E-state index contributed by atoms with van der Waals surface area (Å²) in [6.45, 7) is 0.889. The smallest absolute Gasteiger partial charge is 0.0141 e. The van der Waals surface area contributed by atoms with Crippen LogP contribution in [0.2, 0.25) is 0 Å². The molecule has 0 aromatic heterocycles. The van der Waals surface area contributed by atoms with Crippen LogP contribution in [-0.2, 0) is 6.42 Å². The Morgan fingerprint density at radius 2 is 1.75 bits per heavy atom. The molecule has 1 nitrogen and oxygen atoms in total. The summed E-state index contributed by atoms with van der Waals surface area (Å²) in [6, 6.07) is 8.93. The van der Waals surface area contributed by atoms with Gasteiger partial charge in [-0.3, -0.25) is 0 Å². The Labute approximate surface area is 127 Å². The summed E-state index contributed by atoms with van der Waals surface area (Å²) >= 11 is 2.10. The molecule has 1 unspecified atom stereocenters. The summed E-state index contributed by atoms with van der Waals surface area (Å²) in [5, 5.41) is 0.760. The van der Waals surface area contributed by atoms with E-state index in [0.29, 0.717) is 5.41 Å². The molecule has 2 heteroatoms. The lowest BCUT2D eigenvalue weighted by Crippen LogP contribution is -2.34. The lowest BCUT2D eigenvalue weighted by atomic mass is 9.72. The SMILES string of the molecule is NCC1(CC2Cc3ccccc3S2)CCCCCCC1. The number of hydrogen-bond acceptors (Lipinski definition) is 2. The van der Waals surface area contributed by atoms with Crippen LogP contribution in [-0.4, -0.2) is 11.8 Å². The number of thioether (sulfide) groups is 1. The largest absolute Gasteiger partial charge is 0.330 e. The van der Waals surface area contributed by atoms with Crippen LogP contribution in [0.15, 0.2) is 29.2 Å². The number of fused-ring (bicyclic) bond motifs is 1. The van der Waals surface area contributed by atoms with E-state index in [4.69, 9.17) is 5.73 Å². The summed E-state index contributed by atoms with van der Waals surface area (Å²) in [5.41, 5.74) is 8.22. The quantitative estimate of drug-likeness (QED) is 0.866. The van der Waals surface area contributed by atoms with Crippen molar-refractivity contribution in [1.29, 1.82) is 0 Å². The molecule has 2 N–H and O–H groups in total. The minimum absolute atomic E-state index is 0.431. The van der Waals surface area contributed by atoms with E-state index in [9.17, 15) is 0 Å². The molecular weight excluding hydrogens is 262 g/mol. The van der Waals surface area contributed by atoms with E-state index in [1.165, 1.54) is 62.7 Å². The van der Waals surface area contributed by atoms with Crippen molar-refractivity contribution in [2.45, 2.75) is 67.9 Å². The highest BCUT2D eigenvalue weighted by Gasteiger charge is 2.34. The molecule has 1 atom stereocenters. The monoisotopic (exact) mass is 289 g/mol. The van der Waals surface area contributed by atoms with Crippen LogP contribution < -0.4 is 5.73 Å². The molecule has 0 amide bonds. The van der Waals surface area contributed by atoms with Gasteiger partial charge in [0.15, 0.2) is 0 Å². The standard InChI is InChI=1S/C18H27NS/c19-14-18(10-6-2-1-3-7-11-18)13-16-12-15-8-4-5-9-17(15)20-16/h4-5,8-9,16H,1-3,6-7,10-14,19H2. The predicted octanol–water partition coefficient (Wildman–Crippen LogP) is 4.78. The lowest BCUT2D eigenvalue weighted by Gasteiger charge is -2.36. The van der Waals surface area contributed by atoms with E-state index in [-0.39, 0.29) is 0 Å². The number of rotatable bonds is 3. The van der Waals surface area contributed by atoms with E-state index in [0.717, 1.165) is 11.8 Å². The first-order valence-corrected chi connectivity index (χ1v) is 9.14. The van der Waals surface area contributed by atoms with Crippen molar-refractivity contribution < 1.29 is 0 Å². The van der Waals surface area contributed by atoms with Crippen LogP contribution in [0.25, 0.3) is 0 Å². The summed E-state index contributed by atoms with van der Waals surface area (Å²) < 4.78 is 0. The Balaban J connectivity index is 1.66.